The first-order chi connectivity index (χ1) is 28.2. The van der Waals surface area contributed by atoms with Crippen LogP contribution in [0.3, 0.4) is 0 Å². The van der Waals surface area contributed by atoms with E-state index < -0.39 is 0 Å². The lowest BCUT2D eigenvalue weighted by atomic mass is 9.83. The molecule has 0 saturated carbocycles. The topological polar surface area (TPSA) is 17.8 Å². The highest BCUT2D eigenvalue weighted by Crippen LogP contribution is 2.48. The van der Waals surface area contributed by atoms with Crippen molar-refractivity contribution in [3.63, 3.8) is 0 Å². The Morgan fingerprint density at radius 1 is 0.456 bits per heavy atom. The zero-order valence-electron chi connectivity index (χ0n) is 31.2. The SMILES string of the molecule is [B]CCc1nc2ccccc2n1-c1ccc(-c2ccc(-c3c4ccccc4c(-c4cccc5sc6ccccc6c45)c4cc(-c5ccccc5)ccc34)cc2)cc1. The molecule has 0 N–H and O–H groups in total. The van der Waals surface area contributed by atoms with Gasteiger partial charge < -0.3 is 0 Å². The van der Waals surface area contributed by atoms with E-state index in [-0.39, 0.29) is 0 Å². The van der Waals surface area contributed by atoms with E-state index in [0.29, 0.717) is 6.32 Å². The summed E-state index contributed by atoms with van der Waals surface area (Å²) in [4.78, 5) is 4.89. The lowest BCUT2D eigenvalue weighted by Crippen LogP contribution is -2.01. The molecule has 0 aliphatic rings. The molecule has 0 bridgehead atoms. The molecule has 2 aromatic heterocycles. The molecule has 4 heteroatoms. The van der Waals surface area contributed by atoms with Crippen LogP contribution in [-0.4, -0.2) is 17.4 Å². The predicted octanol–water partition coefficient (Wildman–Crippen LogP) is 14.5. The van der Waals surface area contributed by atoms with Gasteiger partial charge in [0.15, 0.2) is 0 Å². The minimum atomic E-state index is 0.553. The molecule has 11 rings (SSSR count). The van der Waals surface area contributed by atoms with Gasteiger partial charge in [-0.05, 0) is 115 Å². The molecule has 266 valence electrons. The summed E-state index contributed by atoms with van der Waals surface area (Å²) in [5.74, 6) is 0.984. The Morgan fingerprint density at radius 2 is 1.05 bits per heavy atom. The summed E-state index contributed by atoms with van der Waals surface area (Å²) in [7, 11) is 5.99. The van der Waals surface area contributed by atoms with E-state index >= 15 is 0 Å². The Kier molecular flexibility index (Phi) is 8.11. The fourth-order valence-electron chi connectivity index (χ4n) is 8.87. The molecule has 0 aliphatic carbocycles. The van der Waals surface area contributed by atoms with Gasteiger partial charge in [0, 0.05) is 25.9 Å². The number of aryl methyl sites for hydroxylation is 1. The maximum absolute atomic E-state index is 5.99. The minimum absolute atomic E-state index is 0.553. The number of aromatic nitrogens is 2. The Labute approximate surface area is 336 Å². The molecule has 11 aromatic rings. The van der Waals surface area contributed by atoms with Gasteiger partial charge in [-0.1, -0.05) is 152 Å². The Hall–Kier alpha value is -6.75. The lowest BCUT2D eigenvalue weighted by molar-refractivity contribution is 0.907. The van der Waals surface area contributed by atoms with Gasteiger partial charge in [0.25, 0.3) is 0 Å². The molecule has 0 atom stereocenters. The van der Waals surface area contributed by atoms with E-state index in [1.807, 2.05) is 17.4 Å². The fraction of sp³-hybridized carbons (Fsp3) is 0.0377. The average molecular weight is 743 g/mol. The van der Waals surface area contributed by atoms with E-state index in [9.17, 15) is 0 Å². The maximum Gasteiger partial charge on any atom is 0.113 e. The number of imidazole rings is 1. The van der Waals surface area contributed by atoms with Crippen molar-refractivity contribution in [2.45, 2.75) is 12.7 Å². The molecule has 0 aliphatic heterocycles. The summed E-state index contributed by atoms with van der Waals surface area (Å²) >= 11 is 1.87. The van der Waals surface area contributed by atoms with E-state index in [1.54, 1.807) is 0 Å². The van der Waals surface area contributed by atoms with Gasteiger partial charge in [0.2, 0.25) is 0 Å². The van der Waals surface area contributed by atoms with E-state index in [4.69, 9.17) is 12.8 Å². The number of para-hydroxylation sites is 2. The number of benzene rings is 9. The van der Waals surface area contributed by atoms with E-state index in [1.165, 1.54) is 86.2 Å². The second kappa shape index (κ2) is 13.8. The summed E-state index contributed by atoms with van der Waals surface area (Å²) in [5.41, 5.74) is 13.0. The Bertz CT molecular complexity index is 3290. The van der Waals surface area contributed by atoms with Crippen molar-refractivity contribution in [2.75, 3.05) is 0 Å². The molecule has 57 heavy (non-hydrogen) atoms. The van der Waals surface area contributed by atoms with Crippen molar-refractivity contribution in [1.29, 1.82) is 0 Å². The van der Waals surface area contributed by atoms with Crippen LogP contribution >= 0.6 is 11.3 Å². The van der Waals surface area contributed by atoms with E-state index in [2.05, 4.69) is 187 Å². The lowest BCUT2D eigenvalue weighted by Gasteiger charge is -2.19. The minimum Gasteiger partial charge on any atom is -0.296 e. The highest BCUT2D eigenvalue weighted by molar-refractivity contribution is 7.26. The van der Waals surface area contributed by atoms with Gasteiger partial charge in [-0.2, -0.15) is 0 Å². The van der Waals surface area contributed by atoms with Crippen LogP contribution in [0.1, 0.15) is 5.82 Å². The van der Waals surface area contributed by atoms with Crippen LogP contribution in [0.15, 0.2) is 188 Å². The van der Waals surface area contributed by atoms with Gasteiger partial charge in [-0.3, -0.25) is 4.57 Å². The Balaban J connectivity index is 1.08. The average Bonchev–Trinajstić information content (AvgIpc) is 3.84. The molecule has 2 radical (unpaired) electrons. The molecule has 9 aromatic carbocycles. The molecule has 0 fully saturated rings. The highest BCUT2D eigenvalue weighted by atomic mass is 32.1. The summed E-state index contributed by atoms with van der Waals surface area (Å²) < 4.78 is 4.86. The van der Waals surface area contributed by atoms with Crippen LogP contribution in [0.4, 0.5) is 0 Å². The first kappa shape index (κ1) is 33.6. The summed E-state index contributed by atoms with van der Waals surface area (Å²) in [6.45, 7) is 0. The van der Waals surface area contributed by atoms with E-state index in [0.717, 1.165) is 29.0 Å². The second-order valence-corrected chi connectivity index (χ2v) is 15.8. The third kappa shape index (κ3) is 5.59. The van der Waals surface area contributed by atoms with Gasteiger partial charge in [0.1, 0.15) is 5.82 Å². The van der Waals surface area contributed by atoms with Crippen LogP contribution in [0, 0.1) is 0 Å². The number of hydrogen-bond donors (Lipinski definition) is 0. The molecular formula is C53H35BN2S. The van der Waals surface area contributed by atoms with Crippen molar-refractivity contribution in [1.82, 2.24) is 9.55 Å². The molecule has 0 saturated heterocycles. The van der Waals surface area contributed by atoms with Crippen LogP contribution in [-0.2, 0) is 6.42 Å². The fourth-order valence-corrected chi connectivity index (χ4v) is 10.00. The monoisotopic (exact) mass is 742 g/mol. The molecule has 2 heterocycles. The second-order valence-electron chi connectivity index (χ2n) is 14.7. The first-order valence-electron chi connectivity index (χ1n) is 19.6. The van der Waals surface area contributed by atoms with Crippen molar-refractivity contribution >= 4 is 71.9 Å². The zero-order chi connectivity index (χ0) is 37.9. The predicted molar refractivity (Wildman–Crippen MR) is 245 cm³/mol. The standard InChI is InChI=1S/C53H35BN2S/c54-32-31-50-55-46-17-7-8-18-47(46)56(50)39-28-25-36(26-29-39)35-21-23-37(24-22-35)51-40-13-4-5-14-41(40)52(45-33-38(27-30-42(45)51)34-11-2-1-3-12-34)44-16-10-20-49-53(44)43-15-6-9-19-48(43)57-49/h1-30,33H,31-32H2. The normalized spacial score (nSPS) is 11.7. The largest absolute Gasteiger partial charge is 0.296 e. The van der Waals surface area contributed by atoms with Gasteiger partial charge >= 0.3 is 0 Å². The third-order valence-corrected chi connectivity index (χ3v) is 12.6. The van der Waals surface area contributed by atoms with Crippen LogP contribution in [0.25, 0.3) is 103 Å². The van der Waals surface area contributed by atoms with Crippen molar-refractivity contribution in [2.24, 2.45) is 0 Å². The maximum atomic E-state index is 5.99. The highest BCUT2D eigenvalue weighted by Gasteiger charge is 2.21. The quantitative estimate of drug-likeness (QED) is 0.117. The molecule has 0 spiro atoms. The molecular weight excluding hydrogens is 707 g/mol. The Morgan fingerprint density at radius 3 is 1.84 bits per heavy atom. The number of hydrogen-bond acceptors (Lipinski definition) is 2. The van der Waals surface area contributed by atoms with Crippen LogP contribution in [0.5, 0.6) is 0 Å². The number of nitrogens with zero attached hydrogens (tertiary/aromatic N) is 2. The molecule has 0 amide bonds. The van der Waals surface area contributed by atoms with Crippen LogP contribution < -0.4 is 0 Å². The van der Waals surface area contributed by atoms with Crippen LogP contribution in [0.2, 0.25) is 6.32 Å². The zero-order valence-corrected chi connectivity index (χ0v) is 32.0. The van der Waals surface area contributed by atoms with Gasteiger partial charge in [0.05, 0.1) is 18.9 Å². The van der Waals surface area contributed by atoms with Crippen molar-refractivity contribution in [3.05, 3.63) is 194 Å². The summed E-state index contributed by atoms with van der Waals surface area (Å²) in [6.07, 6.45) is 1.27. The number of fused-ring (bicyclic) bond motifs is 6. The smallest absolute Gasteiger partial charge is 0.113 e. The third-order valence-electron chi connectivity index (χ3n) is 11.4. The first-order valence-corrected chi connectivity index (χ1v) is 20.4. The van der Waals surface area contributed by atoms with Gasteiger partial charge in [-0.25, -0.2) is 4.98 Å². The van der Waals surface area contributed by atoms with Crippen molar-refractivity contribution < 1.29 is 0 Å². The van der Waals surface area contributed by atoms with Gasteiger partial charge in [-0.15, -0.1) is 11.3 Å². The molecule has 2 nitrogen and oxygen atoms in total. The summed E-state index contributed by atoms with van der Waals surface area (Å²) in [6, 6.07) is 68.7. The molecule has 0 unspecified atom stereocenters. The number of thiophene rings is 1. The number of rotatable bonds is 7. The van der Waals surface area contributed by atoms with Crippen molar-refractivity contribution in [3.8, 4) is 50.2 Å². The summed E-state index contributed by atoms with van der Waals surface area (Å²) in [5, 5.41) is 7.66.